The fourth-order valence-corrected chi connectivity index (χ4v) is 1.53. The highest BCUT2D eigenvalue weighted by Crippen LogP contribution is 2.06. The van der Waals surface area contributed by atoms with Gasteiger partial charge in [-0.3, -0.25) is 0 Å². The zero-order valence-electron chi connectivity index (χ0n) is 10.1. The predicted molar refractivity (Wildman–Crippen MR) is 60.7 cm³/mol. The van der Waals surface area contributed by atoms with Crippen LogP contribution in [0.3, 0.4) is 0 Å². The van der Waals surface area contributed by atoms with Crippen molar-refractivity contribution in [2.24, 2.45) is 0 Å². The molecule has 0 aliphatic heterocycles. The Labute approximate surface area is 91.5 Å². The third-order valence-electron chi connectivity index (χ3n) is 2.36. The fraction of sp³-hybridized carbons (Fsp3) is 0.800. The smallest absolute Gasteiger partial charge is 0.0996 e. The predicted octanol–water partition coefficient (Wildman–Crippen LogP) is 0.122. The molecule has 5 heteroatoms. The molecule has 0 aliphatic rings. The topological polar surface area (TPSA) is 46.0 Å². The molecule has 15 heavy (non-hydrogen) atoms. The molecule has 0 bridgehead atoms. The van der Waals surface area contributed by atoms with Crippen molar-refractivity contribution in [3.05, 3.63) is 11.4 Å². The van der Waals surface area contributed by atoms with Gasteiger partial charge in [0.25, 0.3) is 0 Å². The van der Waals surface area contributed by atoms with E-state index in [4.69, 9.17) is 0 Å². The Balaban J connectivity index is 2.70. The third-order valence-corrected chi connectivity index (χ3v) is 2.36. The number of hydrogen-bond acceptors (Lipinski definition) is 4. The molecule has 0 radical (unpaired) electrons. The van der Waals surface area contributed by atoms with Crippen molar-refractivity contribution in [2.45, 2.75) is 26.4 Å². The second-order valence-corrected chi connectivity index (χ2v) is 3.89. The van der Waals surface area contributed by atoms with E-state index in [9.17, 15) is 0 Å². The van der Waals surface area contributed by atoms with E-state index in [2.05, 4.69) is 41.5 Å². The van der Waals surface area contributed by atoms with Crippen molar-refractivity contribution in [3.63, 3.8) is 0 Å². The van der Waals surface area contributed by atoms with Gasteiger partial charge in [-0.1, -0.05) is 12.1 Å². The van der Waals surface area contributed by atoms with Crippen molar-refractivity contribution in [1.82, 2.24) is 25.2 Å². The van der Waals surface area contributed by atoms with Gasteiger partial charge in [0.05, 0.1) is 17.9 Å². The number of hydrogen-bond donors (Lipinski definition) is 1. The second kappa shape index (κ2) is 5.82. The Morgan fingerprint density at radius 1 is 1.40 bits per heavy atom. The van der Waals surface area contributed by atoms with Crippen LogP contribution in [0.4, 0.5) is 0 Å². The van der Waals surface area contributed by atoms with E-state index in [1.807, 2.05) is 11.7 Å². The second-order valence-electron chi connectivity index (χ2n) is 3.89. The van der Waals surface area contributed by atoms with Gasteiger partial charge in [-0.25, -0.2) is 4.68 Å². The monoisotopic (exact) mass is 211 g/mol. The van der Waals surface area contributed by atoms with E-state index in [1.54, 1.807) is 0 Å². The van der Waals surface area contributed by atoms with E-state index >= 15 is 0 Å². The molecule has 0 aliphatic carbocycles. The first-order chi connectivity index (χ1) is 7.19. The van der Waals surface area contributed by atoms with E-state index in [0.717, 1.165) is 31.7 Å². The lowest BCUT2D eigenvalue weighted by atomic mass is 10.2. The van der Waals surface area contributed by atoms with Crippen LogP contribution >= 0.6 is 0 Å². The zero-order valence-corrected chi connectivity index (χ0v) is 10.1. The van der Waals surface area contributed by atoms with Gasteiger partial charge < -0.3 is 10.2 Å². The molecular formula is C10H21N5. The normalized spacial score (nSPS) is 11.3. The molecule has 1 rings (SSSR count). The molecule has 0 saturated heterocycles. The van der Waals surface area contributed by atoms with Crippen LogP contribution in [0.2, 0.25) is 0 Å². The maximum atomic E-state index is 4.19. The van der Waals surface area contributed by atoms with Crippen molar-refractivity contribution in [2.75, 3.05) is 27.7 Å². The maximum absolute atomic E-state index is 4.19. The molecule has 0 fully saturated rings. The highest BCUT2D eigenvalue weighted by atomic mass is 15.4. The average Bonchev–Trinajstić information content (AvgIpc) is 2.58. The average molecular weight is 211 g/mol. The number of nitrogens with zero attached hydrogens (tertiary/aromatic N) is 4. The van der Waals surface area contributed by atoms with Gasteiger partial charge in [0.15, 0.2) is 0 Å². The maximum Gasteiger partial charge on any atom is 0.0996 e. The van der Waals surface area contributed by atoms with E-state index in [0.29, 0.717) is 0 Å². The summed E-state index contributed by atoms with van der Waals surface area (Å²) in [4.78, 5) is 2.15. The molecule has 0 spiro atoms. The van der Waals surface area contributed by atoms with Gasteiger partial charge in [-0.2, -0.15) is 0 Å². The van der Waals surface area contributed by atoms with Crippen LogP contribution in [-0.2, 0) is 19.5 Å². The first-order valence-electron chi connectivity index (χ1n) is 5.39. The van der Waals surface area contributed by atoms with Crippen molar-refractivity contribution < 1.29 is 0 Å². The van der Waals surface area contributed by atoms with Gasteiger partial charge in [0, 0.05) is 13.1 Å². The summed E-state index contributed by atoms with van der Waals surface area (Å²) in [7, 11) is 6.06. The molecule has 1 aromatic heterocycles. The van der Waals surface area contributed by atoms with Crippen LogP contribution < -0.4 is 5.32 Å². The molecule has 0 saturated carbocycles. The molecule has 0 unspecified atom stereocenters. The molecule has 1 heterocycles. The van der Waals surface area contributed by atoms with Crippen LogP contribution in [0.1, 0.15) is 18.3 Å². The minimum absolute atomic E-state index is 0.797. The summed E-state index contributed by atoms with van der Waals surface area (Å²) in [6, 6.07) is 0. The van der Waals surface area contributed by atoms with Gasteiger partial charge in [0.1, 0.15) is 0 Å². The molecule has 0 amide bonds. The summed E-state index contributed by atoms with van der Waals surface area (Å²) >= 11 is 0. The Morgan fingerprint density at radius 3 is 2.67 bits per heavy atom. The molecular weight excluding hydrogens is 190 g/mol. The summed E-state index contributed by atoms with van der Waals surface area (Å²) in [6.45, 7) is 4.84. The zero-order chi connectivity index (χ0) is 11.3. The molecule has 1 N–H and O–H groups in total. The molecule has 1 aromatic rings. The van der Waals surface area contributed by atoms with Gasteiger partial charge in [-0.05, 0) is 27.6 Å². The Hall–Kier alpha value is -0.940. The standard InChI is InChI=1S/C10H21N5/c1-5-10-9(8-11-2)12-13-15(10)7-6-14(3)4/h11H,5-8H2,1-4H3. The number of nitrogens with one attached hydrogen (secondary N) is 1. The van der Waals surface area contributed by atoms with Crippen LogP contribution in [0, 0.1) is 0 Å². The lowest BCUT2D eigenvalue weighted by Gasteiger charge is -2.10. The highest BCUT2D eigenvalue weighted by Gasteiger charge is 2.09. The third kappa shape index (κ3) is 3.28. The van der Waals surface area contributed by atoms with Crippen molar-refractivity contribution in [1.29, 1.82) is 0 Å². The van der Waals surface area contributed by atoms with Crippen LogP contribution in [0.15, 0.2) is 0 Å². The van der Waals surface area contributed by atoms with E-state index < -0.39 is 0 Å². The summed E-state index contributed by atoms with van der Waals surface area (Å²) in [5.41, 5.74) is 2.31. The Morgan fingerprint density at radius 2 is 2.13 bits per heavy atom. The van der Waals surface area contributed by atoms with Crippen LogP contribution in [-0.4, -0.2) is 47.6 Å². The van der Waals surface area contributed by atoms with Gasteiger partial charge >= 0.3 is 0 Å². The first-order valence-corrected chi connectivity index (χ1v) is 5.39. The summed E-state index contributed by atoms with van der Waals surface area (Å²) < 4.78 is 2.01. The van der Waals surface area contributed by atoms with Crippen molar-refractivity contribution in [3.8, 4) is 0 Å². The van der Waals surface area contributed by atoms with E-state index in [1.165, 1.54) is 5.69 Å². The Bertz CT molecular complexity index is 292. The lowest BCUT2D eigenvalue weighted by Crippen LogP contribution is -2.20. The minimum atomic E-state index is 0.797. The van der Waals surface area contributed by atoms with Gasteiger partial charge in [-0.15, -0.1) is 5.10 Å². The molecule has 0 aromatic carbocycles. The summed E-state index contributed by atoms with van der Waals surface area (Å²) in [5.74, 6) is 0. The van der Waals surface area contributed by atoms with Crippen LogP contribution in [0.25, 0.3) is 0 Å². The summed E-state index contributed by atoms with van der Waals surface area (Å²) in [6.07, 6.45) is 0.984. The highest BCUT2D eigenvalue weighted by molar-refractivity contribution is 5.09. The Kier molecular flexibility index (Phi) is 4.71. The lowest BCUT2D eigenvalue weighted by molar-refractivity contribution is 0.367. The first kappa shape index (κ1) is 12.1. The van der Waals surface area contributed by atoms with Crippen molar-refractivity contribution >= 4 is 0 Å². The number of rotatable bonds is 6. The fourth-order valence-electron chi connectivity index (χ4n) is 1.53. The van der Waals surface area contributed by atoms with E-state index in [-0.39, 0.29) is 0 Å². The molecule has 5 nitrogen and oxygen atoms in total. The molecule has 0 atom stereocenters. The number of likely N-dealkylation sites (N-methyl/N-ethyl adjacent to an activating group) is 1. The molecule has 86 valence electrons. The van der Waals surface area contributed by atoms with Gasteiger partial charge in [0.2, 0.25) is 0 Å². The summed E-state index contributed by atoms with van der Waals surface area (Å²) in [5, 5.41) is 11.5. The SMILES string of the molecule is CCc1c(CNC)nnn1CCN(C)C. The van der Waals surface area contributed by atoms with Crippen LogP contribution in [0.5, 0.6) is 0 Å². The minimum Gasteiger partial charge on any atom is -0.314 e. The number of aromatic nitrogens is 3. The largest absolute Gasteiger partial charge is 0.314 e. The quantitative estimate of drug-likeness (QED) is 0.726.